The summed E-state index contributed by atoms with van der Waals surface area (Å²) in [5.74, 6) is -0.472. The van der Waals surface area contributed by atoms with Gasteiger partial charge in [-0.25, -0.2) is 4.99 Å². The first-order chi connectivity index (χ1) is 22.1. The van der Waals surface area contributed by atoms with Gasteiger partial charge in [-0.05, 0) is 57.0 Å². The SMILES string of the molecule is CC(N)C(=O)N[C@H](C(=O)N1CCC[C@H]1C1=N[C@@](Cc2cccc(Cl)c2)(C(=O)N2CCN(C)CC2)CO1)C(C)OCc1ccccc1. The molecule has 5 atom stereocenters. The van der Waals surface area contributed by atoms with Crippen molar-refractivity contribution in [2.24, 2.45) is 10.7 Å². The second kappa shape index (κ2) is 14.9. The maximum Gasteiger partial charge on any atom is 0.254 e. The number of piperazine rings is 1. The summed E-state index contributed by atoms with van der Waals surface area (Å²) >= 11 is 6.31. The number of likely N-dealkylation sites (N-methyl/N-ethyl adjacent to an activating group) is 1. The van der Waals surface area contributed by atoms with Gasteiger partial charge in [-0.1, -0.05) is 54.1 Å². The van der Waals surface area contributed by atoms with Gasteiger partial charge in [0.15, 0.2) is 5.54 Å². The first-order valence-electron chi connectivity index (χ1n) is 16.0. The Balaban J connectivity index is 1.40. The lowest BCUT2D eigenvalue weighted by Crippen LogP contribution is -2.58. The number of halogens is 1. The van der Waals surface area contributed by atoms with Crippen molar-refractivity contribution in [1.82, 2.24) is 20.0 Å². The van der Waals surface area contributed by atoms with Gasteiger partial charge < -0.3 is 35.2 Å². The Bertz CT molecular complexity index is 1420. The Hall–Kier alpha value is -3.51. The Morgan fingerprint density at radius 1 is 1.07 bits per heavy atom. The lowest BCUT2D eigenvalue weighted by Gasteiger charge is -2.36. The molecule has 0 aromatic heterocycles. The van der Waals surface area contributed by atoms with E-state index in [0.717, 1.165) is 30.6 Å². The largest absolute Gasteiger partial charge is 0.476 e. The summed E-state index contributed by atoms with van der Waals surface area (Å²) in [4.78, 5) is 52.0. The van der Waals surface area contributed by atoms with Crippen LogP contribution in [-0.4, -0.2) is 114 Å². The predicted octanol–water partition coefficient (Wildman–Crippen LogP) is 2.25. The number of hydrogen-bond donors (Lipinski definition) is 2. The summed E-state index contributed by atoms with van der Waals surface area (Å²) in [6.45, 7) is 6.91. The van der Waals surface area contributed by atoms with Gasteiger partial charge in [-0.3, -0.25) is 14.4 Å². The highest BCUT2D eigenvalue weighted by molar-refractivity contribution is 6.30. The van der Waals surface area contributed by atoms with Crippen molar-refractivity contribution < 1.29 is 23.9 Å². The van der Waals surface area contributed by atoms with Gasteiger partial charge in [-0.15, -0.1) is 0 Å². The average Bonchev–Trinajstić information content (AvgIpc) is 3.71. The Labute approximate surface area is 276 Å². The van der Waals surface area contributed by atoms with Crippen molar-refractivity contribution in [2.75, 3.05) is 46.4 Å². The number of nitrogens with zero attached hydrogens (tertiary/aromatic N) is 4. The molecule has 3 heterocycles. The Kier molecular flexibility index (Phi) is 11.0. The van der Waals surface area contributed by atoms with Crippen molar-refractivity contribution in [3.05, 3.63) is 70.7 Å². The molecule has 2 saturated heterocycles. The minimum Gasteiger partial charge on any atom is -0.476 e. The number of hydrogen-bond acceptors (Lipinski definition) is 8. The van der Waals surface area contributed by atoms with Crippen molar-refractivity contribution in [3.8, 4) is 0 Å². The maximum absolute atomic E-state index is 14.2. The zero-order chi connectivity index (χ0) is 32.8. The highest BCUT2D eigenvalue weighted by Crippen LogP contribution is 2.32. The van der Waals surface area contributed by atoms with E-state index >= 15 is 0 Å². The highest BCUT2D eigenvalue weighted by atomic mass is 35.5. The normalized spacial score (nSPS) is 23.8. The number of aliphatic imine (C=N–C) groups is 1. The average molecular weight is 653 g/mol. The molecule has 0 bridgehead atoms. The number of nitrogens with one attached hydrogen (secondary N) is 1. The smallest absolute Gasteiger partial charge is 0.254 e. The third-order valence-corrected chi connectivity index (χ3v) is 9.22. The standard InChI is InChI=1S/C34H45ClN6O5/c1-23(36)30(42)37-29(24(2)45-21-25-9-5-4-6-10-25)32(43)41-14-8-13-28(41)31-38-34(22-46-31,20-26-11-7-12-27(35)19-26)33(44)40-17-15-39(3)16-18-40/h4-7,9-12,19,23-24,28-29H,8,13-18,20-22,36H2,1-3H3,(H,37,42)/t23?,24?,28-,29-,34+/m0/s1. The first-order valence-corrected chi connectivity index (χ1v) is 16.4. The van der Waals surface area contributed by atoms with Crippen molar-refractivity contribution in [2.45, 2.75) is 69.5 Å². The molecule has 3 amide bonds. The fourth-order valence-corrected chi connectivity index (χ4v) is 6.45. The van der Waals surface area contributed by atoms with Gasteiger partial charge in [0.1, 0.15) is 18.7 Å². The summed E-state index contributed by atoms with van der Waals surface area (Å²) in [6, 6.07) is 14.8. The summed E-state index contributed by atoms with van der Waals surface area (Å²) in [6.07, 6.45) is 1.01. The number of likely N-dealkylation sites (tertiary alicyclic amines) is 1. The van der Waals surface area contributed by atoms with E-state index in [0.29, 0.717) is 43.4 Å². The molecule has 12 heteroatoms. The molecule has 3 N–H and O–H groups in total. The first kappa shape index (κ1) is 33.8. The zero-order valence-electron chi connectivity index (χ0n) is 26.9. The predicted molar refractivity (Wildman–Crippen MR) is 176 cm³/mol. The number of benzene rings is 2. The van der Waals surface area contributed by atoms with Gasteiger partial charge in [0.25, 0.3) is 5.91 Å². The van der Waals surface area contributed by atoms with Crippen LogP contribution in [0.4, 0.5) is 0 Å². The van der Waals surface area contributed by atoms with E-state index in [2.05, 4.69) is 10.2 Å². The fourth-order valence-electron chi connectivity index (χ4n) is 6.23. The second-order valence-corrected chi connectivity index (χ2v) is 13.1. The lowest BCUT2D eigenvalue weighted by molar-refractivity contribution is -0.141. The molecule has 0 radical (unpaired) electrons. The van der Waals surface area contributed by atoms with Gasteiger partial charge in [0.2, 0.25) is 17.7 Å². The quantitative estimate of drug-likeness (QED) is 0.381. The van der Waals surface area contributed by atoms with Crippen LogP contribution in [0, 0.1) is 0 Å². The fraction of sp³-hybridized carbons (Fsp3) is 0.529. The number of carbonyl (C=O) groups is 3. The molecule has 2 fully saturated rings. The molecular formula is C34H45ClN6O5. The van der Waals surface area contributed by atoms with Gasteiger partial charge in [-0.2, -0.15) is 0 Å². The second-order valence-electron chi connectivity index (χ2n) is 12.6. The molecular weight excluding hydrogens is 608 g/mol. The molecule has 2 unspecified atom stereocenters. The minimum absolute atomic E-state index is 0.0694. The monoisotopic (exact) mass is 652 g/mol. The summed E-state index contributed by atoms with van der Waals surface area (Å²) in [5.41, 5.74) is 6.52. The van der Waals surface area contributed by atoms with E-state index in [1.165, 1.54) is 0 Å². The van der Waals surface area contributed by atoms with E-state index in [-0.39, 0.29) is 25.0 Å². The zero-order valence-corrected chi connectivity index (χ0v) is 27.6. The van der Waals surface area contributed by atoms with E-state index in [4.69, 9.17) is 31.8 Å². The molecule has 2 aromatic carbocycles. The minimum atomic E-state index is -1.18. The van der Waals surface area contributed by atoms with Crippen molar-refractivity contribution in [1.29, 1.82) is 0 Å². The summed E-state index contributed by atoms with van der Waals surface area (Å²) < 4.78 is 12.4. The van der Waals surface area contributed by atoms with Crippen LogP contribution in [0.5, 0.6) is 0 Å². The van der Waals surface area contributed by atoms with E-state index in [9.17, 15) is 14.4 Å². The van der Waals surface area contributed by atoms with Crippen LogP contribution in [0.1, 0.15) is 37.8 Å². The number of carbonyl (C=O) groups excluding carboxylic acids is 3. The third kappa shape index (κ3) is 7.88. The number of ether oxygens (including phenoxy) is 2. The van der Waals surface area contributed by atoms with Gasteiger partial charge in [0, 0.05) is 44.2 Å². The summed E-state index contributed by atoms with van der Waals surface area (Å²) in [7, 11) is 2.04. The number of rotatable bonds is 11. The molecule has 46 heavy (non-hydrogen) atoms. The maximum atomic E-state index is 14.2. The van der Waals surface area contributed by atoms with Crippen LogP contribution in [-0.2, 0) is 36.9 Å². The molecule has 0 spiro atoms. The van der Waals surface area contributed by atoms with Crippen LogP contribution >= 0.6 is 11.6 Å². The van der Waals surface area contributed by atoms with Crippen LogP contribution in [0.3, 0.4) is 0 Å². The van der Waals surface area contributed by atoms with Gasteiger partial charge in [0.05, 0.1) is 18.8 Å². The van der Waals surface area contributed by atoms with Crippen LogP contribution in [0.25, 0.3) is 0 Å². The molecule has 248 valence electrons. The molecule has 3 aliphatic rings. The summed E-state index contributed by atoms with van der Waals surface area (Å²) in [5, 5.41) is 3.40. The molecule has 0 aliphatic carbocycles. The van der Waals surface area contributed by atoms with Gasteiger partial charge >= 0.3 is 0 Å². The molecule has 2 aromatic rings. The van der Waals surface area contributed by atoms with Crippen molar-refractivity contribution >= 4 is 35.2 Å². The van der Waals surface area contributed by atoms with Crippen molar-refractivity contribution in [3.63, 3.8) is 0 Å². The van der Waals surface area contributed by atoms with Crippen LogP contribution < -0.4 is 11.1 Å². The number of nitrogens with two attached hydrogens (primary N) is 1. The lowest BCUT2D eigenvalue weighted by atomic mass is 9.90. The topological polar surface area (TPSA) is 130 Å². The van der Waals surface area contributed by atoms with Crippen LogP contribution in [0.15, 0.2) is 59.6 Å². The third-order valence-electron chi connectivity index (χ3n) is 8.98. The molecule has 5 rings (SSSR count). The molecule has 0 saturated carbocycles. The highest BCUT2D eigenvalue weighted by Gasteiger charge is 2.50. The van der Waals surface area contributed by atoms with Crippen LogP contribution in [0.2, 0.25) is 5.02 Å². The molecule has 3 aliphatic heterocycles. The van der Waals surface area contributed by atoms with E-state index in [1.54, 1.807) is 24.8 Å². The number of amides is 3. The Morgan fingerprint density at radius 3 is 2.48 bits per heavy atom. The molecule has 11 nitrogen and oxygen atoms in total. The van der Waals surface area contributed by atoms with E-state index in [1.807, 2.05) is 60.5 Å². The van der Waals surface area contributed by atoms with E-state index < -0.39 is 35.7 Å². The Morgan fingerprint density at radius 2 is 1.78 bits per heavy atom.